The molecule has 3 fully saturated rings. The van der Waals surface area contributed by atoms with Gasteiger partial charge in [-0.2, -0.15) is 0 Å². The first kappa shape index (κ1) is 28.6. The fraction of sp³-hybridized carbons (Fsp3) is 0.909. The number of fused-ring (bicyclic) bond motifs is 5. The van der Waals surface area contributed by atoms with Crippen molar-refractivity contribution in [2.45, 2.75) is 156 Å². The molecule has 4 aliphatic rings. The van der Waals surface area contributed by atoms with Gasteiger partial charge in [0.2, 0.25) is 0 Å². The van der Waals surface area contributed by atoms with Gasteiger partial charge in [0.05, 0.1) is 0 Å². The highest BCUT2D eigenvalue weighted by Gasteiger charge is 2.59. The number of rotatable bonds is 12. The van der Waals surface area contributed by atoms with Crippen LogP contribution in [0.4, 0.5) is 0 Å². The van der Waals surface area contributed by atoms with E-state index in [1.807, 2.05) is 6.92 Å². The molecule has 0 aromatic rings. The third-order valence-electron chi connectivity index (χ3n) is 11.9. The lowest BCUT2D eigenvalue weighted by Gasteiger charge is -2.58. The summed E-state index contributed by atoms with van der Waals surface area (Å²) in [4.78, 5) is 12.5. The number of carbonyl (C=O) groups is 1. The van der Waals surface area contributed by atoms with Gasteiger partial charge in [-0.1, -0.05) is 84.8 Å². The lowest BCUT2D eigenvalue weighted by molar-refractivity contribution is -0.127. The molecule has 4 rings (SSSR count). The Labute approximate surface area is 224 Å². The van der Waals surface area contributed by atoms with Crippen molar-refractivity contribution in [3.63, 3.8) is 0 Å². The van der Waals surface area contributed by atoms with Gasteiger partial charge in [-0.05, 0) is 105 Å². The number of allylic oxidation sites excluding steroid dienone is 1. The van der Waals surface area contributed by atoms with Crippen molar-refractivity contribution < 1.29 is 9.22 Å². The standard InChI is InChI=1S/C33H58O2Si/c1-7-10-21-36(22-11-8-2,23-12-9-3)35-27-17-19-32(5)26(24-27)13-14-28-30-16-15-29(25(4)34)33(30,6)20-18-31(28)32/h13,27-31H,7-12,14-24H2,1-6H3/t27-,28-,29+,30-,31-,32-,33+/m0/s1. The predicted molar refractivity (Wildman–Crippen MR) is 156 cm³/mol. The molecule has 0 bridgehead atoms. The van der Waals surface area contributed by atoms with Crippen LogP contribution in [0.5, 0.6) is 0 Å². The number of Topliss-reactive ketones (excluding diaryl/α,β-unsaturated/α-hetero) is 1. The van der Waals surface area contributed by atoms with Crippen LogP contribution >= 0.6 is 0 Å². The first-order valence-corrected chi connectivity index (χ1v) is 18.6. The number of hydrogen-bond acceptors (Lipinski definition) is 2. The van der Waals surface area contributed by atoms with Crippen molar-refractivity contribution in [1.82, 2.24) is 0 Å². The molecule has 0 heterocycles. The summed E-state index contributed by atoms with van der Waals surface area (Å²) >= 11 is 0. The Morgan fingerprint density at radius 1 is 0.917 bits per heavy atom. The molecule has 0 radical (unpaired) electrons. The normalized spacial score (nSPS) is 38.2. The van der Waals surface area contributed by atoms with E-state index in [4.69, 9.17) is 4.43 Å². The molecule has 4 aliphatic carbocycles. The van der Waals surface area contributed by atoms with E-state index in [-0.39, 0.29) is 5.41 Å². The summed E-state index contributed by atoms with van der Waals surface area (Å²) in [6.07, 6.45) is 21.2. The van der Waals surface area contributed by atoms with Gasteiger partial charge >= 0.3 is 0 Å². The van der Waals surface area contributed by atoms with Gasteiger partial charge in [-0.25, -0.2) is 0 Å². The number of ketones is 1. The Kier molecular flexibility index (Phi) is 9.34. The maximum Gasteiger partial charge on any atom is 0.193 e. The van der Waals surface area contributed by atoms with Gasteiger partial charge in [0.15, 0.2) is 8.32 Å². The zero-order valence-corrected chi connectivity index (χ0v) is 25.8. The van der Waals surface area contributed by atoms with E-state index in [0.717, 1.165) is 24.2 Å². The highest BCUT2D eigenvalue weighted by molar-refractivity contribution is 6.73. The Morgan fingerprint density at radius 2 is 1.56 bits per heavy atom. The molecule has 0 N–H and O–H groups in total. The topological polar surface area (TPSA) is 26.3 Å². The fourth-order valence-electron chi connectivity index (χ4n) is 9.80. The maximum atomic E-state index is 12.5. The smallest absolute Gasteiger partial charge is 0.193 e. The number of carbonyl (C=O) groups excluding carboxylic acids is 1. The van der Waals surface area contributed by atoms with E-state index in [9.17, 15) is 4.79 Å². The Balaban J connectivity index is 1.50. The minimum atomic E-state index is -1.67. The minimum absolute atomic E-state index is 0.262. The molecule has 0 aromatic heterocycles. The zero-order valence-electron chi connectivity index (χ0n) is 24.8. The molecule has 36 heavy (non-hydrogen) atoms. The average Bonchev–Trinajstić information content (AvgIpc) is 3.22. The molecule has 3 heteroatoms. The van der Waals surface area contributed by atoms with Gasteiger partial charge in [-0.3, -0.25) is 4.79 Å². The number of hydrogen-bond donors (Lipinski definition) is 0. The second kappa shape index (κ2) is 11.8. The van der Waals surface area contributed by atoms with Crippen LogP contribution in [-0.4, -0.2) is 20.2 Å². The van der Waals surface area contributed by atoms with Crippen LogP contribution in [-0.2, 0) is 9.22 Å². The summed E-state index contributed by atoms with van der Waals surface area (Å²) < 4.78 is 7.40. The van der Waals surface area contributed by atoms with Crippen LogP contribution < -0.4 is 0 Å². The molecule has 3 saturated carbocycles. The summed E-state index contributed by atoms with van der Waals surface area (Å²) in [5.41, 5.74) is 2.39. The third kappa shape index (κ3) is 5.36. The van der Waals surface area contributed by atoms with E-state index in [2.05, 4.69) is 40.7 Å². The lowest BCUT2D eigenvalue weighted by Crippen LogP contribution is -2.52. The molecule has 0 unspecified atom stereocenters. The fourth-order valence-corrected chi connectivity index (χ4v) is 14.8. The van der Waals surface area contributed by atoms with Crippen LogP contribution in [0.1, 0.15) is 131 Å². The quantitative estimate of drug-likeness (QED) is 0.191. The monoisotopic (exact) mass is 514 g/mol. The Morgan fingerprint density at radius 3 is 2.14 bits per heavy atom. The first-order valence-electron chi connectivity index (χ1n) is 16.1. The molecule has 206 valence electrons. The van der Waals surface area contributed by atoms with Crippen LogP contribution in [0, 0.1) is 34.5 Å². The summed E-state index contributed by atoms with van der Waals surface area (Å²) in [6, 6.07) is 4.16. The van der Waals surface area contributed by atoms with Crippen molar-refractivity contribution >= 4 is 14.1 Å². The van der Waals surface area contributed by atoms with Crippen LogP contribution in [0.2, 0.25) is 18.1 Å². The van der Waals surface area contributed by atoms with E-state index in [1.165, 1.54) is 102 Å². The van der Waals surface area contributed by atoms with Crippen molar-refractivity contribution in [2.75, 3.05) is 0 Å². The Hall–Kier alpha value is -0.413. The zero-order chi connectivity index (χ0) is 26.0. The van der Waals surface area contributed by atoms with Gasteiger partial charge < -0.3 is 4.43 Å². The van der Waals surface area contributed by atoms with E-state index in [1.54, 1.807) is 5.57 Å². The van der Waals surface area contributed by atoms with Gasteiger partial charge in [0, 0.05) is 12.0 Å². The molecule has 0 spiro atoms. The maximum absolute atomic E-state index is 12.5. The van der Waals surface area contributed by atoms with Crippen molar-refractivity contribution in [3.8, 4) is 0 Å². The molecule has 7 atom stereocenters. The molecule has 0 saturated heterocycles. The summed E-state index contributed by atoms with van der Waals surface area (Å²) in [5.74, 6) is 3.15. The second-order valence-electron chi connectivity index (χ2n) is 14.0. The van der Waals surface area contributed by atoms with E-state index < -0.39 is 8.32 Å². The van der Waals surface area contributed by atoms with Crippen LogP contribution in [0.15, 0.2) is 11.6 Å². The van der Waals surface area contributed by atoms with Gasteiger partial charge in [0.25, 0.3) is 0 Å². The molecule has 0 aromatic carbocycles. The third-order valence-corrected chi connectivity index (χ3v) is 16.6. The van der Waals surface area contributed by atoms with E-state index in [0.29, 0.717) is 23.2 Å². The van der Waals surface area contributed by atoms with Gasteiger partial charge in [0.1, 0.15) is 5.78 Å². The number of unbranched alkanes of at least 4 members (excludes halogenated alkanes) is 3. The lowest BCUT2D eigenvalue weighted by atomic mass is 9.47. The molecule has 2 nitrogen and oxygen atoms in total. The van der Waals surface area contributed by atoms with Crippen molar-refractivity contribution in [3.05, 3.63) is 11.6 Å². The average molecular weight is 515 g/mol. The second-order valence-corrected chi connectivity index (χ2v) is 18.1. The minimum Gasteiger partial charge on any atom is -0.414 e. The van der Waals surface area contributed by atoms with Crippen molar-refractivity contribution in [2.24, 2.45) is 34.5 Å². The molecule has 0 amide bonds. The van der Waals surface area contributed by atoms with E-state index >= 15 is 0 Å². The molecular weight excluding hydrogens is 456 g/mol. The first-order chi connectivity index (χ1) is 17.2. The highest BCUT2D eigenvalue weighted by Crippen LogP contribution is 2.66. The summed E-state index contributed by atoms with van der Waals surface area (Å²) in [6.45, 7) is 14.0. The summed E-state index contributed by atoms with van der Waals surface area (Å²) in [7, 11) is -1.67. The molecular formula is C33H58O2Si. The van der Waals surface area contributed by atoms with Gasteiger partial charge in [-0.15, -0.1) is 0 Å². The summed E-state index contributed by atoms with van der Waals surface area (Å²) in [5, 5.41) is 0. The Bertz CT molecular complexity index is 767. The largest absolute Gasteiger partial charge is 0.414 e. The van der Waals surface area contributed by atoms with Crippen molar-refractivity contribution in [1.29, 1.82) is 0 Å². The predicted octanol–water partition coefficient (Wildman–Crippen LogP) is 9.89. The highest BCUT2D eigenvalue weighted by atomic mass is 28.4. The SMILES string of the molecule is CCCC[Si](CCCC)(CCCC)O[C@H]1CC[C@@]2(C)C(=CC[C@H]3[C@@H]4CC[C@H](C(C)=O)[C@@]4(C)CC[C@@H]32)C1. The van der Waals surface area contributed by atoms with Crippen LogP contribution in [0.3, 0.4) is 0 Å². The van der Waals surface area contributed by atoms with Crippen LogP contribution in [0.25, 0.3) is 0 Å². The molecule has 0 aliphatic heterocycles.